The first-order chi connectivity index (χ1) is 7.15. The largest absolute Gasteiger partial charge is 0.465 e. The topological polar surface area (TPSA) is 52.6 Å². The van der Waals surface area contributed by atoms with Crippen LogP contribution in [0.15, 0.2) is 0 Å². The van der Waals surface area contributed by atoms with Crippen molar-refractivity contribution >= 4 is 35.5 Å². The second-order valence-electron chi connectivity index (χ2n) is 2.44. The lowest BCUT2D eigenvalue weighted by molar-refractivity contribution is -0.140. The van der Waals surface area contributed by atoms with E-state index in [1.54, 1.807) is 20.1 Å². The van der Waals surface area contributed by atoms with Crippen LogP contribution in [0.3, 0.4) is 0 Å². The Labute approximate surface area is 98.5 Å². The number of thioether (sulfide) groups is 2. The van der Waals surface area contributed by atoms with Gasteiger partial charge in [0.1, 0.15) is 4.58 Å². The quantitative estimate of drug-likeness (QED) is 0.506. The van der Waals surface area contributed by atoms with Gasteiger partial charge in [-0.25, -0.2) is 4.79 Å². The molecule has 4 nitrogen and oxygen atoms in total. The highest BCUT2D eigenvalue weighted by Crippen LogP contribution is 2.22. The van der Waals surface area contributed by atoms with E-state index >= 15 is 0 Å². The normalized spacial score (nSPS) is 11.9. The van der Waals surface area contributed by atoms with Crippen molar-refractivity contribution in [3.8, 4) is 0 Å². The Morgan fingerprint density at radius 1 is 1.20 bits per heavy atom. The Balaban J connectivity index is 3.89. The maximum absolute atomic E-state index is 11.3. The van der Waals surface area contributed by atoms with Crippen molar-refractivity contribution in [2.45, 2.75) is 18.4 Å². The summed E-state index contributed by atoms with van der Waals surface area (Å²) in [5.41, 5.74) is 0. The number of esters is 2. The first-order valence-electron chi connectivity index (χ1n) is 4.62. The Kier molecular flexibility index (Phi) is 8.70. The molecule has 1 unspecified atom stereocenters. The van der Waals surface area contributed by atoms with Crippen molar-refractivity contribution < 1.29 is 19.1 Å². The van der Waals surface area contributed by atoms with Crippen molar-refractivity contribution in [2.75, 3.05) is 25.2 Å². The van der Waals surface area contributed by atoms with Crippen molar-refractivity contribution in [2.24, 2.45) is 0 Å². The van der Waals surface area contributed by atoms with Gasteiger partial charge in [0.15, 0.2) is 0 Å². The first-order valence-corrected chi connectivity index (χ1v) is 6.96. The molecule has 0 aliphatic heterocycles. The molecule has 0 spiro atoms. The number of carbonyl (C=O) groups excluding carboxylic acids is 2. The van der Waals surface area contributed by atoms with Crippen LogP contribution in [0.25, 0.3) is 0 Å². The molecule has 0 aromatic heterocycles. The van der Waals surface area contributed by atoms with Crippen LogP contribution in [0.5, 0.6) is 0 Å². The molecule has 0 saturated heterocycles. The molecule has 0 radical (unpaired) electrons. The molecular weight excluding hydrogens is 236 g/mol. The summed E-state index contributed by atoms with van der Waals surface area (Å²) in [7, 11) is 0. The van der Waals surface area contributed by atoms with Crippen LogP contribution in [-0.4, -0.2) is 41.7 Å². The van der Waals surface area contributed by atoms with Gasteiger partial charge < -0.3 is 9.47 Å². The second kappa shape index (κ2) is 8.91. The van der Waals surface area contributed by atoms with Gasteiger partial charge in [0.25, 0.3) is 0 Å². The van der Waals surface area contributed by atoms with E-state index in [9.17, 15) is 9.59 Å². The minimum absolute atomic E-state index is 0.179. The molecule has 15 heavy (non-hydrogen) atoms. The van der Waals surface area contributed by atoms with Gasteiger partial charge in [-0.1, -0.05) is 0 Å². The molecule has 0 saturated carbocycles. The third-order valence-electron chi connectivity index (χ3n) is 1.35. The summed E-state index contributed by atoms with van der Waals surface area (Å²) in [5.74, 6) is -0.414. The Bertz CT molecular complexity index is 208. The summed E-state index contributed by atoms with van der Waals surface area (Å²) in [6.45, 7) is 4.23. The standard InChI is InChI=1S/C9H16O4S2/c1-4-12-7(10)6-15-9(14-3)8(11)13-5-2/h9H,4-6H2,1-3H3. The molecule has 0 rings (SSSR count). The monoisotopic (exact) mass is 252 g/mol. The summed E-state index contributed by atoms with van der Waals surface area (Å²) in [6, 6.07) is 0. The van der Waals surface area contributed by atoms with E-state index in [-0.39, 0.29) is 22.3 Å². The average molecular weight is 252 g/mol. The first kappa shape index (κ1) is 14.6. The molecule has 0 heterocycles. The third kappa shape index (κ3) is 6.67. The SMILES string of the molecule is CCOC(=O)CSC(SC)C(=O)OCC. The van der Waals surface area contributed by atoms with Crippen molar-refractivity contribution in [3.05, 3.63) is 0 Å². The lowest BCUT2D eigenvalue weighted by Crippen LogP contribution is -2.19. The maximum Gasteiger partial charge on any atom is 0.329 e. The summed E-state index contributed by atoms with van der Waals surface area (Å²) in [4.78, 5) is 22.4. The smallest absolute Gasteiger partial charge is 0.329 e. The van der Waals surface area contributed by atoms with Crippen LogP contribution in [0.4, 0.5) is 0 Å². The molecule has 0 bridgehead atoms. The van der Waals surface area contributed by atoms with Gasteiger partial charge in [0.05, 0.1) is 19.0 Å². The number of carbonyl (C=O) groups is 2. The van der Waals surface area contributed by atoms with Crippen molar-refractivity contribution in [1.29, 1.82) is 0 Å². The Hall–Kier alpha value is -0.360. The van der Waals surface area contributed by atoms with E-state index in [2.05, 4.69) is 0 Å². The zero-order valence-corrected chi connectivity index (χ0v) is 10.8. The molecule has 0 aliphatic carbocycles. The summed E-state index contributed by atoms with van der Waals surface area (Å²) in [6.07, 6.45) is 1.81. The predicted octanol–water partition coefficient (Wildman–Crippen LogP) is 1.53. The van der Waals surface area contributed by atoms with Crippen LogP contribution >= 0.6 is 23.5 Å². The second-order valence-corrected chi connectivity index (χ2v) is 4.77. The lowest BCUT2D eigenvalue weighted by Gasteiger charge is -2.11. The maximum atomic E-state index is 11.3. The number of ether oxygens (including phenoxy) is 2. The van der Waals surface area contributed by atoms with Gasteiger partial charge in [-0.3, -0.25) is 4.79 Å². The molecule has 0 N–H and O–H groups in total. The lowest BCUT2D eigenvalue weighted by atomic mass is 10.7. The zero-order chi connectivity index (χ0) is 11.7. The molecule has 0 aromatic rings. The zero-order valence-electron chi connectivity index (χ0n) is 9.15. The Morgan fingerprint density at radius 3 is 2.27 bits per heavy atom. The molecule has 88 valence electrons. The molecular formula is C9H16O4S2. The minimum Gasteiger partial charge on any atom is -0.465 e. The molecule has 1 atom stereocenters. The van der Waals surface area contributed by atoms with Gasteiger partial charge in [-0.2, -0.15) is 0 Å². The number of hydrogen-bond donors (Lipinski definition) is 0. The number of rotatable bonds is 7. The third-order valence-corrected chi connectivity index (χ3v) is 3.85. The van der Waals surface area contributed by atoms with Gasteiger partial charge in [-0.15, -0.1) is 23.5 Å². The summed E-state index contributed by atoms with van der Waals surface area (Å²) in [5, 5.41) is 0. The summed E-state index contributed by atoms with van der Waals surface area (Å²) >= 11 is 2.59. The van der Waals surface area contributed by atoms with Crippen LogP contribution in [0.2, 0.25) is 0 Å². The van der Waals surface area contributed by atoms with E-state index in [0.29, 0.717) is 13.2 Å². The van der Waals surface area contributed by atoms with Crippen LogP contribution < -0.4 is 0 Å². The van der Waals surface area contributed by atoms with Crippen molar-refractivity contribution in [3.63, 3.8) is 0 Å². The van der Waals surface area contributed by atoms with Crippen LogP contribution in [-0.2, 0) is 19.1 Å². The molecule has 0 aromatic carbocycles. The fourth-order valence-corrected chi connectivity index (χ4v) is 2.37. The van der Waals surface area contributed by atoms with E-state index in [0.717, 1.165) is 0 Å². The van der Waals surface area contributed by atoms with Crippen LogP contribution in [0.1, 0.15) is 13.8 Å². The Morgan fingerprint density at radius 2 is 1.80 bits per heavy atom. The molecule has 0 amide bonds. The highest BCUT2D eigenvalue weighted by atomic mass is 32.2. The van der Waals surface area contributed by atoms with Gasteiger partial charge in [0.2, 0.25) is 0 Å². The van der Waals surface area contributed by atoms with Gasteiger partial charge >= 0.3 is 11.9 Å². The van der Waals surface area contributed by atoms with Crippen molar-refractivity contribution in [1.82, 2.24) is 0 Å². The highest BCUT2D eigenvalue weighted by Gasteiger charge is 2.20. The highest BCUT2D eigenvalue weighted by molar-refractivity contribution is 8.18. The van der Waals surface area contributed by atoms with E-state index in [1.165, 1.54) is 23.5 Å². The predicted molar refractivity (Wildman–Crippen MR) is 63.0 cm³/mol. The molecule has 6 heteroatoms. The van der Waals surface area contributed by atoms with Gasteiger partial charge in [-0.05, 0) is 20.1 Å². The average Bonchev–Trinajstić information content (AvgIpc) is 2.19. The fraction of sp³-hybridized carbons (Fsp3) is 0.778. The van der Waals surface area contributed by atoms with Gasteiger partial charge in [0, 0.05) is 0 Å². The molecule has 0 aliphatic rings. The number of hydrogen-bond acceptors (Lipinski definition) is 6. The van der Waals surface area contributed by atoms with Crippen LogP contribution in [0, 0.1) is 0 Å². The summed E-state index contributed by atoms with van der Waals surface area (Å²) < 4.78 is 9.26. The van der Waals surface area contributed by atoms with E-state index in [4.69, 9.17) is 9.47 Å². The molecule has 0 fully saturated rings. The van der Waals surface area contributed by atoms with E-state index in [1.807, 2.05) is 0 Å². The minimum atomic E-state index is -0.352. The van der Waals surface area contributed by atoms with E-state index < -0.39 is 0 Å². The fourth-order valence-electron chi connectivity index (χ4n) is 0.789.